The van der Waals surface area contributed by atoms with E-state index in [2.05, 4.69) is 46.1 Å². The Kier molecular flexibility index (Phi) is 6.59. The van der Waals surface area contributed by atoms with E-state index in [1.54, 1.807) is 0 Å². The molecule has 0 aliphatic heterocycles. The lowest BCUT2D eigenvalue weighted by molar-refractivity contribution is -0.137. The molecule has 3 aromatic rings. The second-order valence-corrected chi connectivity index (χ2v) is 10.4. The molecule has 0 radical (unpaired) electrons. The first-order valence-electron chi connectivity index (χ1n) is 12.0. The van der Waals surface area contributed by atoms with Crippen molar-refractivity contribution in [1.29, 1.82) is 0 Å². The van der Waals surface area contributed by atoms with Gasteiger partial charge >= 0.3 is 0 Å². The molecule has 0 saturated heterocycles. The topological polar surface area (TPSA) is 74.0 Å². The Morgan fingerprint density at radius 1 is 1.00 bits per heavy atom. The van der Waals surface area contributed by atoms with Gasteiger partial charge in [0.2, 0.25) is 11.8 Å². The Morgan fingerprint density at radius 2 is 1.67 bits per heavy atom. The van der Waals surface area contributed by atoms with Gasteiger partial charge in [0.05, 0.1) is 5.41 Å². The highest BCUT2D eigenvalue weighted by Gasteiger charge is 2.43. The van der Waals surface area contributed by atoms with E-state index >= 15 is 0 Å². The van der Waals surface area contributed by atoms with Crippen molar-refractivity contribution in [2.24, 2.45) is 5.41 Å². The van der Waals surface area contributed by atoms with Gasteiger partial charge in [-0.1, -0.05) is 61.4 Å². The summed E-state index contributed by atoms with van der Waals surface area (Å²) in [6.45, 7) is 6.40. The standard InChI is InChI=1S/C28H35N3O2/c1-27(2,3)31-25(32)17-28(15-9-10-16-28)26(33)30-18-22(20-11-5-4-6-12-20)23-19-29-24-14-8-7-13-21(23)24/h4-8,11-14,19,22,29H,9-10,15-18H2,1-3H3,(H,30,33)(H,31,32)/t22-/m0/s1. The molecule has 0 bridgehead atoms. The lowest BCUT2D eigenvalue weighted by Crippen LogP contribution is -2.47. The molecule has 3 N–H and O–H groups in total. The number of aromatic nitrogens is 1. The minimum absolute atomic E-state index is 0.00447. The molecule has 2 amide bonds. The van der Waals surface area contributed by atoms with Crippen molar-refractivity contribution in [2.75, 3.05) is 6.54 Å². The number of fused-ring (bicyclic) bond motifs is 1. The van der Waals surface area contributed by atoms with Crippen LogP contribution in [0.1, 0.15) is 69.9 Å². The summed E-state index contributed by atoms with van der Waals surface area (Å²) in [7, 11) is 0. The predicted molar refractivity (Wildman–Crippen MR) is 133 cm³/mol. The van der Waals surface area contributed by atoms with E-state index in [1.165, 1.54) is 10.9 Å². The van der Waals surface area contributed by atoms with Crippen molar-refractivity contribution < 1.29 is 9.59 Å². The number of hydrogen-bond acceptors (Lipinski definition) is 2. The molecule has 0 unspecified atom stereocenters. The van der Waals surface area contributed by atoms with Crippen molar-refractivity contribution in [2.45, 2.75) is 64.3 Å². The van der Waals surface area contributed by atoms with E-state index in [9.17, 15) is 9.59 Å². The molecule has 33 heavy (non-hydrogen) atoms. The number of aromatic amines is 1. The maximum absolute atomic E-state index is 13.5. The molecule has 0 spiro atoms. The number of benzene rings is 2. The summed E-state index contributed by atoms with van der Waals surface area (Å²) in [6.07, 6.45) is 5.80. The Labute approximate surface area is 196 Å². The number of H-pyrrole nitrogens is 1. The van der Waals surface area contributed by atoms with Crippen molar-refractivity contribution in [3.8, 4) is 0 Å². The molecule has 1 aliphatic rings. The van der Waals surface area contributed by atoms with Crippen molar-refractivity contribution in [3.63, 3.8) is 0 Å². The molecule has 1 fully saturated rings. The van der Waals surface area contributed by atoms with Gasteiger partial charge in [0, 0.05) is 41.5 Å². The van der Waals surface area contributed by atoms with Crippen LogP contribution in [0, 0.1) is 5.41 Å². The fourth-order valence-electron chi connectivity index (χ4n) is 5.16. The largest absolute Gasteiger partial charge is 0.361 e. The van der Waals surface area contributed by atoms with Gasteiger partial charge in [-0.2, -0.15) is 0 Å². The van der Waals surface area contributed by atoms with Crippen LogP contribution in [0.2, 0.25) is 0 Å². The van der Waals surface area contributed by atoms with Crippen LogP contribution < -0.4 is 10.6 Å². The Morgan fingerprint density at radius 3 is 2.36 bits per heavy atom. The van der Waals surface area contributed by atoms with Crippen LogP contribution in [-0.4, -0.2) is 28.9 Å². The van der Waals surface area contributed by atoms with Gasteiger partial charge in [0.1, 0.15) is 0 Å². The number of carbonyl (C=O) groups is 2. The Bertz CT molecular complexity index is 1100. The molecule has 1 aromatic heterocycles. The van der Waals surface area contributed by atoms with E-state index in [1.807, 2.05) is 51.1 Å². The van der Waals surface area contributed by atoms with Crippen molar-refractivity contribution in [3.05, 3.63) is 71.9 Å². The first-order valence-corrected chi connectivity index (χ1v) is 12.0. The summed E-state index contributed by atoms with van der Waals surface area (Å²) in [4.78, 5) is 29.6. The maximum atomic E-state index is 13.5. The third kappa shape index (κ3) is 5.29. The van der Waals surface area contributed by atoms with Gasteiger partial charge in [0.25, 0.3) is 0 Å². The normalized spacial score (nSPS) is 16.5. The number of amides is 2. The van der Waals surface area contributed by atoms with Crippen LogP contribution in [-0.2, 0) is 9.59 Å². The van der Waals surface area contributed by atoms with Crippen LogP contribution in [0.5, 0.6) is 0 Å². The second kappa shape index (κ2) is 9.42. The predicted octanol–water partition coefficient (Wildman–Crippen LogP) is 5.28. The molecule has 2 aromatic carbocycles. The summed E-state index contributed by atoms with van der Waals surface area (Å²) < 4.78 is 0. The van der Waals surface area contributed by atoms with Crippen LogP contribution in [0.4, 0.5) is 0 Å². The highest BCUT2D eigenvalue weighted by molar-refractivity contribution is 5.90. The zero-order chi connectivity index (χ0) is 23.5. The summed E-state index contributed by atoms with van der Waals surface area (Å²) in [5, 5.41) is 7.46. The summed E-state index contributed by atoms with van der Waals surface area (Å²) in [6, 6.07) is 18.6. The average molecular weight is 446 g/mol. The SMILES string of the molecule is CC(C)(C)NC(=O)CC1(C(=O)NC[C@@H](c2ccccc2)c2c[nH]c3ccccc23)CCCC1. The fraction of sp³-hybridized carbons (Fsp3) is 0.429. The van der Waals surface area contributed by atoms with E-state index in [4.69, 9.17) is 0 Å². The average Bonchev–Trinajstić information content (AvgIpc) is 3.41. The number of hydrogen-bond donors (Lipinski definition) is 3. The first kappa shape index (κ1) is 23.1. The first-order chi connectivity index (χ1) is 15.8. The zero-order valence-electron chi connectivity index (χ0n) is 19.9. The third-order valence-corrected chi connectivity index (χ3v) is 6.72. The smallest absolute Gasteiger partial charge is 0.226 e. The van der Waals surface area contributed by atoms with Gasteiger partial charge in [-0.25, -0.2) is 0 Å². The summed E-state index contributed by atoms with van der Waals surface area (Å²) >= 11 is 0. The molecule has 5 heteroatoms. The molecule has 174 valence electrons. The number of nitrogens with one attached hydrogen (secondary N) is 3. The fourth-order valence-corrected chi connectivity index (χ4v) is 5.16. The number of rotatable bonds is 7. The van der Waals surface area contributed by atoms with E-state index in [0.29, 0.717) is 6.54 Å². The second-order valence-electron chi connectivity index (χ2n) is 10.4. The molecular weight excluding hydrogens is 410 g/mol. The molecule has 1 saturated carbocycles. The van der Waals surface area contributed by atoms with Gasteiger partial charge in [-0.15, -0.1) is 0 Å². The van der Waals surface area contributed by atoms with Crippen molar-refractivity contribution in [1.82, 2.24) is 15.6 Å². The van der Waals surface area contributed by atoms with Crippen LogP contribution in [0.3, 0.4) is 0 Å². The minimum Gasteiger partial charge on any atom is -0.361 e. The summed E-state index contributed by atoms with van der Waals surface area (Å²) in [5.41, 5.74) is 2.50. The minimum atomic E-state index is -0.614. The highest BCUT2D eigenvalue weighted by Crippen LogP contribution is 2.42. The van der Waals surface area contributed by atoms with Gasteiger partial charge < -0.3 is 15.6 Å². The van der Waals surface area contributed by atoms with Crippen LogP contribution >= 0.6 is 0 Å². The number of para-hydroxylation sites is 1. The molecule has 1 aliphatic carbocycles. The molecular formula is C28H35N3O2. The molecule has 4 rings (SSSR count). The molecule has 1 atom stereocenters. The van der Waals surface area contributed by atoms with Gasteiger partial charge in [0.15, 0.2) is 0 Å². The quantitative estimate of drug-likeness (QED) is 0.463. The monoisotopic (exact) mass is 445 g/mol. The highest BCUT2D eigenvalue weighted by atomic mass is 16.2. The Hall–Kier alpha value is -3.08. The van der Waals surface area contributed by atoms with Crippen LogP contribution in [0.15, 0.2) is 60.8 Å². The Balaban J connectivity index is 1.56. The van der Waals surface area contributed by atoms with E-state index in [0.717, 1.165) is 36.8 Å². The molecule has 1 heterocycles. The lowest BCUT2D eigenvalue weighted by atomic mass is 9.80. The summed E-state index contributed by atoms with van der Waals surface area (Å²) in [5.74, 6) is -0.0197. The number of carbonyl (C=O) groups excluding carboxylic acids is 2. The van der Waals surface area contributed by atoms with E-state index < -0.39 is 5.41 Å². The lowest BCUT2D eigenvalue weighted by Gasteiger charge is -2.30. The van der Waals surface area contributed by atoms with Crippen molar-refractivity contribution >= 4 is 22.7 Å². The van der Waals surface area contributed by atoms with Gasteiger partial charge in [-0.05, 0) is 50.8 Å². The zero-order valence-corrected chi connectivity index (χ0v) is 19.9. The van der Waals surface area contributed by atoms with Gasteiger partial charge in [-0.3, -0.25) is 9.59 Å². The maximum Gasteiger partial charge on any atom is 0.226 e. The third-order valence-electron chi connectivity index (χ3n) is 6.72. The molecule has 5 nitrogen and oxygen atoms in total. The van der Waals surface area contributed by atoms with Crippen LogP contribution in [0.25, 0.3) is 10.9 Å². The van der Waals surface area contributed by atoms with E-state index in [-0.39, 0.29) is 29.7 Å².